The van der Waals surface area contributed by atoms with Crippen LogP contribution in [-0.4, -0.2) is 34.2 Å². The number of halogens is 1. The van der Waals surface area contributed by atoms with Gasteiger partial charge in [-0.15, -0.1) is 0 Å². The minimum atomic E-state index is -0.694. The van der Waals surface area contributed by atoms with E-state index in [2.05, 4.69) is 4.90 Å². The van der Waals surface area contributed by atoms with Crippen LogP contribution in [0.25, 0.3) is 0 Å². The Bertz CT molecular complexity index is 476. The van der Waals surface area contributed by atoms with Gasteiger partial charge >= 0.3 is 5.97 Å². The molecule has 0 spiro atoms. The Hall–Kier alpha value is -1.26. The van der Waals surface area contributed by atoms with E-state index in [0.717, 1.165) is 0 Å². The molecule has 4 nitrogen and oxygen atoms in total. The quantitative estimate of drug-likeness (QED) is 0.896. The number of piperidine rings is 1. The average molecular weight is 298 g/mol. The molecule has 1 saturated heterocycles. The summed E-state index contributed by atoms with van der Waals surface area (Å²) >= 11 is 6.10. The van der Waals surface area contributed by atoms with Crippen molar-refractivity contribution in [1.82, 2.24) is 4.90 Å². The summed E-state index contributed by atoms with van der Waals surface area (Å²) in [7, 11) is 0. The fourth-order valence-corrected chi connectivity index (χ4v) is 3.01. The van der Waals surface area contributed by atoms with Gasteiger partial charge in [0.05, 0.1) is 5.41 Å². The van der Waals surface area contributed by atoms with Crippen molar-refractivity contribution < 1.29 is 15.0 Å². The minimum absolute atomic E-state index is 0.197. The molecule has 2 N–H and O–H groups in total. The van der Waals surface area contributed by atoms with Crippen LogP contribution >= 0.6 is 11.6 Å². The van der Waals surface area contributed by atoms with E-state index < -0.39 is 11.4 Å². The molecule has 0 unspecified atom stereocenters. The maximum Gasteiger partial charge on any atom is 0.309 e. The Morgan fingerprint density at radius 3 is 2.55 bits per heavy atom. The van der Waals surface area contributed by atoms with Gasteiger partial charge in [-0.2, -0.15) is 0 Å². The molecule has 110 valence electrons. The highest BCUT2D eigenvalue weighted by Crippen LogP contribution is 2.36. The lowest BCUT2D eigenvalue weighted by atomic mass is 9.76. The van der Waals surface area contributed by atoms with Crippen molar-refractivity contribution in [3.05, 3.63) is 28.8 Å². The maximum atomic E-state index is 11.4. The van der Waals surface area contributed by atoms with Crippen LogP contribution in [0.15, 0.2) is 18.2 Å². The van der Waals surface area contributed by atoms with E-state index in [1.54, 1.807) is 18.2 Å². The lowest BCUT2D eigenvalue weighted by molar-refractivity contribution is -0.152. The molecule has 0 aliphatic carbocycles. The number of carboxylic acids is 1. The summed E-state index contributed by atoms with van der Waals surface area (Å²) in [6.07, 6.45) is 1.95. The van der Waals surface area contributed by atoms with E-state index in [9.17, 15) is 15.0 Å². The van der Waals surface area contributed by atoms with Gasteiger partial charge in [0.25, 0.3) is 0 Å². The molecule has 1 heterocycles. The van der Waals surface area contributed by atoms with Gasteiger partial charge in [-0.05, 0) is 44.5 Å². The molecule has 0 radical (unpaired) electrons. The summed E-state index contributed by atoms with van der Waals surface area (Å²) < 4.78 is 0. The summed E-state index contributed by atoms with van der Waals surface area (Å²) in [6.45, 7) is 3.92. The fraction of sp³-hybridized carbons (Fsp3) is 0.533. The second-order valence-corrected chi connectivity index (χ2v) is 5.86. The summed E-state index contributed by atoms with van der Waals surface area (Å²) in [6, 6.07) is 5.09. The van der Waals surface area contributed by atoms with Crippen LogP contribution in [0, 0.1) is 5.41 Å². The highest BCUT2D eigenvalue weighted by molar-refractivity contribution is 6.31. The molecule has 1 aromatic carbocycles. The predicted molar refractivity (Wildman–Crippen MR) is 78.0 cm³/mol. The molecule has 1 fully saturated rings. The van der Waals surface area contributed by atoms with Crippen LogP contribution < -0.4 is 0 Å². The van der Waals surface area contributed by atoms with Gasteiger partial charge in [-0.3, -0.25) is 9.69 Å². The smallest absolute Gasteiger partial charge is 0.309 e. The number of benzene rings is 1. The average Bonchev–Trinajstić information content (AvgIpc) is 2.43. The number of aliphatic carboxylic acids is 1. The molecule has 1 aliphatic heterocycles. The first-order valence-electron chi connectivity index (χ1n) is 6.90. The molecule has 20 heavy (non-hydrogen) atoms. The van der Waals surface area contributed by atoms with Crippen molar-refractivity contribution in [2.24, 2.45) is 5.41 Å². The number of hydrogen-bond acceptors (Lipinski definition) is 3. The highest BCUT2D eigenvalue weighted by atomic mass is 35.5. The van der Waals surface area contributed by atoms with E-state index in [0.29, 0.717) is 49.5 Å². The number of likely N-dealkylation sites (tertiary alicyclic amines) is 1. The van der Waals surface area contributed by atoms with Gasteiger partial charge in [0.15, 0.2) is 0 Å². The second kappa shape index (κ2) is 6.02. The lowest BCUT2D eigenvalue weighted by Gasteiger charge is -2.38. The molecular weight excluding hydrogens is 278 g/mol. The van der Waals surface area contributed by atoms with E-state index in [1.807, 2.05) is 6.92 Å². The summed E-state index contributed by atoms with van der Waals surface area (Å²) in [5, 5.41) is 19.8. The molecule has 5 heteroatoms. The molecule has 0 atom stereocenters. The maximum absolute atomic E-state index is 11.4. The zero-order chi connectivity index (χ0) is 14.8. The molecule has 0 amide bonds. The predicted octanol–water partition coefficient (Wildman–Crippen LogP) is 3.12. The van der Waals surface area contributed by atoms with Gasteiger partial charge in [-0.25, -0.2) is 0 Å². The van der Waals surface area contributed by atoms with E-state index >= 15 is 0 Å². The number of rotatable bonds is 4. The normalized spacial score (nSPS) is 18.9. The number of aromatic hydroxyl groups is 1. The topological polar surface area (TPSA) is 60.8 Å². The number of phenols is 1. The van der Waals surface area contributed by atoms with E-state index in [4.69, 9.17) is 11.6 Å². The first kappa shape index (κ1) is 15.1. The van der Waals surface area contributed by atoms with Gasteiger partial charge in [-0.1, -0.05) is 24.6 Å². The number of nitrogens with zero attached hydrogens (tertiary/aromatic N) is 1. The molecular formula is C15H20ClNO3. The van der Waals surface area contributed by atoms with Crippen molar-refractivity contribution in [2.45, 2.75) is 32.7 Å². The van der Waals surface area contributed by atoms with Crippen LogP contribution in [0.2, 0.25) is 5.02 Å². The Morgan fingerprint density at radius 2 is 2.05 bits per heavy atom. The standard InChI is InChI=1S/C15H20ClNO3/c1-2-15(14(19)20)6-8-17(9-7-15)10-11-12(16)4-3-5-13(11)18/h3-5,18H,2,6-10H2,1H3,(H,19,20). The Morgan fingerprint density at radius 1 is 1.40 bits per heavy atom. The minimum Gasteiger partial charge on any atom is -0.508 e. The number of carboxylic acid groups (broad SMARTS) is 1. The number of phenolic OH excluding ortho intramolecular Hbond substituents is 1. The first-order valence-corrected chi connectivity index (χ1v) is 7.28. The zero-order valence-electron chi connectivity index (χ0n) is 11.6. The van der Waals surface area contributed by atoms with E-state index in [-0.39, 0.29) is 5.75 Å². The summed E-state index contributed by atoms with van der Waals surface area (Å²) in [4.78, 5) is 13.6. The number of carbonyl (C=O) groups is 1. The Balaban J connectivity index is 2.03. The summed E-state index contributed by atoms with van der Waals surface area (Å²) in [5.74, 6) is -0.497. The van der Waals surface area contributed by atoms with Crippen LogP contribution in [0.3, 0.4) is 0 Å². The van der Waals surface area contributed by atoms with E-state index in [1.165, 1.54) is 0 Å². The first-order chi connectivity index (χ1) is 9.48. The van der Waals surface area contributed by atoms with Gasteiger partial charge in [0.2, 0.25) is 0 Å². The van der Waals surface area contributed by atoms with Crippen molar-refractivity contribution >= 4 is 17.6 Å². The van der Waals surface area contributed by atoms with Crippen molar-refractivity contribution in [3.8, 4) is 5.75 Å². The lowest BCUT2D eigenvalue weighted by Crippen LogP contribution is -2.43. The highest BCUT2D eigenvalue weighted by Gasteiger charge is 2.39. The van der Waals surface area contributed by atoms with Crippen LogP contribution in [0.5, 0.6) is 5.75 Å². The number of hydrogen-bond donors (Lipinski definition) is 2. The second-order valence-electron chi connectivity index (χ2n) is 5.45. The monoisotopic (exact) mass is 297 g/mol. The molecule has 1 aliphatic rings. The van der Waals surface area contributed by atoms with Gasteiger partial charge in [0.1, 0.15) is 5.75 Å². The fourth-order valence-electron chi connectivity index (χ4n) is 2.79. The molecule has 0 aromatic heterocycles. The van der Waals surface area contributed by atoms with Crippen LogP contribution in [-0.2, 0) is 11.3 Å². The zero-order valence-corrected chi connectivity index (χ0v) is 12.4. The van der Waals surface area contributed by atoms with Crippen LogP contribution in [0.4, 0.5) is 0 Å². The Labute approximate surface area is 124 Å². The van der Waals surface area contributed by atoms with Crippen molar-refractivity contribution in [2.75, 3.05) is 13.1 Å². The molecule has 1 aromatic rings. The molecule has 2 rings (SSSR count). The third-order valence-corrected chi connectivity index (χ3v) is 4.77. The molecule has 0 bridgehead atoms. The van der Waals surface area contributed by atoms with Gasteiger partial charge < -0.3 is 10.2 Å². The third-order valence-electron chi connectivity index (χ3n) is 4.42. The van der Waals surface area contributed by atoms with Crippen molar-refractivity contribution in [1.29, 1.82) is 0 Å². The van der Waals surface area contributed by atoms with Crippen molar-refractivity contribution in [3.63, 3.8) is 0 Å². The van der Waals surface area contributed by atoms with Gasteiger partial charge in [0, 0.05) is 17.1 Å². The third kappa shape index (κ3) is 2.91. The SMILES string of the molecule is CCC1(C(=O)O)CCN(Cc2c(O)cccc2Cl)CC1. The Kier molecular flexibility index (Phi) is 4.55. The van der Waals surface area contributed by atoms with Crippen LogP contribution in [0.1, 0.15) is 31.7 Å². The largest absolute Gasteiger partial charge is 0.508 e. The summed E-state index contributed by atoms with van der Waals surface area (Å²) in [5.41, 5.74) is 0.132. The molecule has 0 saturated carbocycles.